The summed E-state index contributed by atoms with van der Waals surface area (Å²) < 4.78 is 43.9. The summed E-state index contributed by atoms with van der Waals surface area (Å²) in [6.45, 7) is -1.49. The Morgan fingerprint density at radius 2 is 1.88 bits per heavy atom. The lowest BCUT2D eigenvalue weighted by Crippen LogP contribution is -2.51. The molecule has 180 valence electrons. The highest BCUT2D eigenvalue weighted by Gasteiger charge is 2.37. The molecule has 3 aromatic rings. The number of hydrogen-bond acceptors (Lipinski definition) is 7. The van der Waals surface area contributed by atoms with Crippen LogP contribution in [0.4, 0.5) is 30.5 Å². The summed E-state index contributed by atoms with van der Waals surface area (Å²) >= 11 is 0. The van der Waals surface area contributed by atoms with E-state index in [4.69, 9.17) is 11.5 Å². The van der Waals surface area contributed by atoms with E-state index in [1.165, 1.54) is 36.5 Å². The summed E-state index contributed by atoms with van der Waals surface area (Å²) in [4.78, 5) is 18.3. The van der Waals surface area contributed by atoms with Crippen molar-refractivity contribution in [2.45, 2.75) is 25.0 Å². The number of pyridine rings is 1. The number of amides is 1. The van der Waals surface area contributed by atoms with Crippen molar-refractivity contribution in [3.63, 3.8) is 0 Å². The zero-order valence-electron chi connectivity index (χ0n) is 18.1. The number of anilines is 3. The number of carbonyl (C=O) groups is 1. The highest BCUT2D eigenvalue weighted by Crippen LogP contribution is 2.33. The molecule has 1 aliphatic rings. The second-order valence-electron chi connectivity index (χ2n) is 7.98. The maximum Gasteiger partial charge on any atom is 0.387 e. The van der Waals surface area contributed by atoms with Crippen LogP contribution < -0.4 is 26.4 Å². The minimum absolute atomic E-state index is 0.0104. The van der Waals surface area contributed by atoms with E-state index in [-0.39, 0.29) is 29.5 Å². The van der Waals surface area contributed by atoms with Gasteiger partial charge in [0.1, 0.15) is 22.9 Å². The SMILES string of the molecule is NCC1(n2cc(C(N)=O)c(Nc3ccc(F)cc3)n2)CCN(c2ccc(OC(F)F)cn2)CC1. The van der Waals surface area contributed by atoms with Crippen LogP contribution in [-0.4, -0.2) is 46.9 Å². The van der Waals surface area contributed by atoms with E-state index in [0.29, 0.717) is 37.4 Å². The van der Waals surface area contributed by atoms with E-state index in [2.05, 4.69) is 20.1 Å². The molecule has 4 rings (SSSR count). The van der Waals surface area contributed by atoms with Crippen LogP contribution in [0, 0.1) is 5.82 Å². The number of aromatic nitrogens is 3. The third kappa shape index (κ3) is 4.91. The molecule has 0 atom stereocenters. The lowest BCUT2D eigenvalue weighted by atomic mass is 9.87. The predicted octanol–water partition coefficient (Wildman–Crippen LogP) is 2.82. The fourth-order valence-electron chi connectivity index (χ4n) is 3.97. The maximum atomic E-state index is 13.2. The number of nitrogens with one attached hydrogen (secondary N) is 1. The van der Waals surface area contributed by atoms with Gasteiger partial charge in [0.05, 0.1) is 11.7 Å². The van der Waals surface area contributed by atoms with Crippen LogP contribution in [0.15, 0.2) is 48.8 Å². The van der Waals surface area contributed by atoms with Crippen molar-refractivity contribution in [2.24, 2.45) is 11.5 Å². The first kappa shape index (κ1) is 23.4. The molecule has 2 aromatic heterocycles. The van der Waals surface area contributed by atoms with Crippen LogP contribution in [0.2, 0.25) is 0 Å². The third-order valence-corrected chi connectivity index (χ3v) is 5.92. The summed E-state index contributed by atoms with van der Waals surface area (Å²) in [6.07, 6.45) is 4.02. The Morgan fingerprint density at radius 1 is 1.18 bits per heavy atom. The molecule has 1 amide bonds. The number of carbonyl (C=O) groups excluding carboxylic acids is 1. The number of halogens is 3. The van der Waals surface area contributed by atoms with Crippen molar-refractivity contribution < 1.29 is 22.7 Å². The van der Waals surface area contributed by atoms with Gasteiger partial charge in [0.15, 0.2) is 5.82 Å². The molecule has 0 radical (unpaired) electrons. The van der Waals surface area contributed by atoms with E-state index in [0.717, 1.165) is 0 Å². The first-order valence-corrected chi connectivity index (χ1v) is 10.6. The first-order valence-electron chi connectivity index (χ1n) is 10.6. The Kier molecular flexibility index (Phi) is 6.59. The van der Waals surface area contributed by atoms with Gasteiger partial charge in [0, 0.05) is 31.5 Å². The highest BCUT2D eigenvalue weighted by atomic mass is 19.3. The topological polar surface area (TPSA) is 124 Å². The van der Waals surface area contributed by atoms with Gasteiger partial charge >= 0.3 is 6.61 Å². The van der Waals surface area contributed by atoms with Gasteiger partial charge < -0.3 is 26.4 Å². The first-order chi connectivity index (χ1) is 16.3. The summed E-state index contributed by atoms with van der Waals surface area (Å²) in [7, 11) is 0. The van der Waals surface area contributed by atoms with E-state index < -0.39 is 18.1 Å². The van der Waals surface area contributed by atoms with Gasteiger partial charge in [0.2, 0.25) is 0 Å². The van der Waals surface area contributed by atoms with Crippen molar-refractivity contribution in [3.8, 4) is 5.75 Å². The number of alkyl halides is 2. The molecular weight excluding hydrogens is 451 g/mol. The summed E-state index contributed by atoms with van der Waals surface area (Å²) in [6, 6.07) is 8.71. The number of benzene rings is 1. The average molecular weight is 475 g/mol. The smallest absolute Gasteiger partial charge is 0.387 e. The molecule has 0 unspecified atom stereocenters. The van der Waals surface area contributed by atoms with Gasteiger partial charge in [0.25, 0.3) is 5.91 Å². The van der Waals surface area contributed by atoms with Crippen LogP contribution in [0.25, 0.3) is 0 Å². The molecule has 34 heavy (non-hydrogen) atoms. The molecule has 0 spiro atoms. The standard InChI is InChI=1S/C22H24F3N7O2/c23-14-1-3-15(4-2-14)29-20-17(19(27)33)12-32(30-20)22(13-26)7-9-31(10-8-22)18-6-5-16(11-28-18)34-21(24)25/h1-6,11-12,21H,7-10,13,26H2,(H2,27,33)(H,29,30). The van der Waals surface area contributed by atoms with Gasteiger partial charge in [-0.05, 0) is 49.2 Å². The molecule has 1 aliphatic heterocycles. The van der Waals surface area contributed by atoms with E-state index in [1.807, 2.05) is 4.90 Å². The fraction of sp³-hybridized carbons (Fsp3) is 0.318. The fourth-order valence-corrected chi connectivity index (χ4v) is 3.97. The van der Waals surface area contributed by atoms with Gasteiger partial charge in [-0.3, -0.25) is 9.48 Å². The Morgan fingerprint density at radius 3 is 2.44 bits per heavy atom. The molecule has 0 bridgehead atoms. The molecule has 1 aromatic carbocycles. The molecule has 9 nitrogen and oxygen atoms in total. The van der Waals surface area contributed by atoms with Crippen molar-refractivity contribution in [3.05, 3.63) is 60.2 Å². The Balaban J connectivity index is 1.51. The molecule has 0 aliphatic carbocycles. The second-order valence-corrected chi connectivity index (χ2v) is 7.98. The lowest BCUT2D eigenvalue weighted by Gasteiger charge is -2.41. The van der Waals surface area contributed by atoms with Crippen molar-refractivity contribution in [1.82, 2.24) is 14.8 Å². The Hall–Kier alpha value is -3.80. The molecule has 1 saturated heterocycles. The highest BCUT2D eigenvalue weighted by molar-refractivity contribution is 5.98. The molecule has 5 N–H and O–H groups in total. The van der Waals surface area contributed by atoms with Crippen molar-refractivity contribution >= 4 is 23.2 Å². The summed E-state index contributed by atoms with van der Waals surface area (Å²) in [5.74, 6) is -0.167. The monoisotopic (exact) mass is 475 g/mol. The minimum atomic E-state index is -2.91. The number of nitrogens with two attached hydrogens (primary N) is 2. The van der Waals surface area contributed by atoms with Gasteiger partial charge in [-0.15, -0.1) is 0 Å². The number of hydrogen-bond donors (Lipinski definition) is 3. The zero-order chi connectivity index (χ0) is 24.3. The Bertz CT molecular complexity index is 1130. The minimum Gasteiger partial charge on any atom is -0.433 e. The average Bonchev–Trinajstić information content (AvgIpc) is 3.25. The van der Waals surface area contributed by atoms with E-state index >= 15 is 0 Å². The largest absolute Gasteiger partial charge is 0.433 e. The molecule has 12 heteroatoms. The number of piperidine rings is 1. The van der Waals surface area contributed by atoms with Gasteiger partial charge in [-0.1, -0.05) is 0 Å². The third-order valence-electron chi connectivity index (χ3n) is 5.92. The van der Waals surface area contributed by atoms with Crippen LogP contribution in [0.1, 0.15) is 23.2 Å². The van der Waals surface area contributed by atoms with E-state index in [1.54, 1.807) is 16.9 Å². The maximum absolute atomic E-state index is 13.2. The summed E-state index contributed by atoms with van der Waals surface area (Å²) in [5.41, 5.74) is 11.9. The number of rotatable bonds is 8. The van der Waals surface area contributed by atoms with Crippen molar-refractivity contribution in [2.75, 3.05) is 29.9 Å². The van der Waals surface area contributed by atoms with Gasteiger partial charge in [-0.25, -0.2) is 9.37 Å². The molecule has 0 saturated carbocycles. The number of primary amides is 1. The number of nitrogens with zero attached hydrogens (tertiary/aromatic N) is 4. The van der Waals surface area contributed by atoms with E-state index in [9.17, 15) is 18.0 Å². The second kappa shape index (κ2) is 9.59. The summed E-state index contributed by atoms with van der Waals surface area (Å²) in [5, 5.41) is 7.57. The van der Waals surface area contributed by atoms with Crippen molar-refractivity contribution in [1.29, 1.82) is 0 Å². The lowest BCUT2D eigenvalue weighted by molar-refractivity contribution is -0.0500. The van der Waals surface area contributed by atoms with Gasteiger partial charge in [-0.2, -0.15) is 13.9 Å². The van der Waals surface area contributed by atoms with Crippen LogP contribution in [0.5, 0.6) is 5.75 Å². The zero-order valence-corrected chi connectivity index (χ0v) is 18.1. The Labute approximate surface area is 193 Å². The quantitative estimate of drug-likeness (QED) is 0.458. The predicted molar refractivity (Wildman–Crippen MR) is 120 cm³/mol. The van der Waals surface area contributed by atoms with Crippen LogP contribution in [-0.2, 0) is 5.54 Å². The molecule has 1 fully saturated rings. The molecule has 3 heterocycles. The molecular formula is C22H24F3N7O2. The normalized spacial score (nSPS) is 15.4. The number of ether oxygens (including phenoxy) is 1. The van der Waals surface area contributed by atoms with Crippen LogP contribution >= 0.6 is 0 Å². The van der Waals surface area contributed by atoms with Crippen LogP contribution in [0.3, 0.4) is 0 Å².